The summed E-state index contributed by atoms with van der Waals surface area (Å²) in [5, 5.41) is 23.3. The van der Waals surface area contributed by atoms with Crippen molar-refractivity contribution in [3.63, 3.8) is 0 Å². The van der Waals surface area contributed by atoms with E-state index in [2.05, 4.69) is 31.3 Å². The number of nitrogens with zero attached hydrogens (tertiary/aromatic N) is 3. The number of carbonyl (C=O) groups is 1. The third-order valence-electron chi connectivity index (χ3n) is 4.77. The van der Waals surface area contributed by atoms with Crippen LogP contribution in [0.25, 0.3) is 0 Å². The number of rotatable bonds is 5. The Balaban J connectivity index is 1.80. The van der Waals surface area contributed by atoms with Crippen molar-refractivity contribution >= 4 is 33.6 Å². The highest BCUT2D eigenvalue weighted by Crippen LogP contribution is 2.45. The normalized spacial score (nSPS) is 16.0. The summed E-state index contributed by atoms with van der Waals surface area (Å²) in [4.78, 5) is 15.7. The van der Waals surface area contributed by atoms with Crippen LogP contribution in [-0.4, -0.2) is 39.6 Å². The molecule has 0 atom stereocenters. The number of hydrogen-bond donors (Lipinski definition) is 2. The van der Waals surface area contributed by atoms with Crippen LogP contribution in [0.2, 0.25) is 0 Å². The first-order chi connectivity index (χ1) is 12.4. The minimum absolute atomic E-state index is 0.0125. The van der Waals surface area contributed by atoms with E-state index >= 15 is 0 Å². The maximum atomic E-state index is 11.4. The molecule has 8 heteroatoms. The van der Waals surface area contributed by atoms with Gasteiger partial charge in [-0.3, -0.25) is 14.9 Å². The molecular weight excluding hydrogens is 398 g/mol. The number of amidine groups is 1. The minimum Gasteiger partial charge on any atom is -0.578 e. The molecule has 1 aromatic carbocycles. The van der Waals surface area contributed by atoms with Crippen molar-refractivity contribution in [1.82, 2.24) is 15.1 Å². The molecule has 0 bridgehead atoms. The zero-order valence-electron chi connectivity index (χ0n) is 14.4. The molecule has 0 aliphatic heterocycles. The number of amides is 1. The van der Waals surface area contributed by atoms with Gasteiger partial charge in [0.1, 0.15) is 17.9 Å². The van der Waals surface area contributed by atoms with Gasteiger partial charge in [0.05, 0.1) is 11.6 Å². The maximum Gasteiger partial charge on any atom is 0.369 e. The van der Waals surface area contributed by atoms with E-state index in [-0.39, 0.29) is 24.2 Å². The molecule has 1 aromatic heterocycles. The van der Waals surface area contributed by atoms with Crippen molar-refractivity contribution in [1.29, 1.82) is 5.41 Å². The number of hydrogen-bond acceptors (Lipinski definition) is 3. The smallest absolute Gasteiger partial charge is 0.369 e. The summed E-state index contributed by atoms with van der Waals surface area (Å²) in [5.74, 6) is 0.0242. The monoisotopic (exact) mass is 418 g/mol. The number of likely N-dealkylation sites (N-methyl/N-ethyl adjacent to an activating group) is 1. The molecule has 0 saturated heterocycles. The zero-order chi connectivity index (χ0) is 18.7. The minimum atomic E-state index is -0.412. The lowest BCUT2D eigenvalue weighted by Crippen LogP contribution is -2.41. The Bertz CT molecular complexity index is 853. The molecule has 1 saturated carbocycles. The van der Waals surface area contributed by atoms with Gasteiger partial charge in [0.25, 0.3) is 0 Å². The first kappa shape index (κ1) is 18.3. The summed E-state index contributed by atoms with van der Waals surface area (Å²) in [5.41, 5.74) is 1.14. The standard InChI is InChI=1S/C18H20BrN5O2/c1-21-15(25)11-24-10-12(9-22-24)16(26)23-17(20)18(7-2-8-18)13-3-5-14(19)6-4-13/h3-6,9-10H,2,7-8,11H2,1H3,(H,21,25)(H2,20,23,26)/p+1. The Morgan fingerprint density at radius 2 is 2.12 bits per heavy atom. The lowest BCUT2D eigenvalue weighted by atomic mass is 9.63. The second kappa shape index (κ2) is 7.41. The van der Waals surface area contributed by atoms with Crippen molar-refractivity contribution in [2.45, 2.75) is 31.2 Å². The van der Waals surface area contributed by atoms with Crippen LogP contribution < -0.4 is 5.32 Å². The fourth-order valence-corrected chi connectivity index (χ4v) is 3.31. The molecule has 0 spiro atoms. The van der Waals surface area contributed by atoms with Gasteiger partial charge < -0.3 is 10.4 Å². The molecule has 3 rings (SSSR count). The van der Waals surface area contributed by atoms with Gasteiger partial charge in [0.15, 0.2) is 0 Å². The van der Waals surface area contributed by atoms with E-state index in [4.69, 9.17) is 10.5 Å². The van der Waals surface area contributed by atoms with E-state index in [0.29, 0.717) is 5.56 Å². The predicted octanol–water partition coefficient (Wildman–Crippen LogP) is 1.96. The molecule has 1 aliphatic rings. The van der Waals surface area contributed by atoms with Crippen LogP contribution in [0, 0.1) is 5.41 Å². The average molecular weight is 419 g/mol. The number of aliphatic imine (C=N–C) groups is 1. The molecular formula is C18H21BrN5O2+. The summed E-state index contributed by atoms with van der Waals surface area (Å²) in [6, 6.07) is 7.96. The van der Waals surface area contributed by atoms with Gasteiger partial charge in [-0.05, 0) is 30.5 Å². The summed E-state index contributed by atoms with van der Waals surface area (Å²) < 4.78 is 2.45. The van der Waals surface area contributed by atoms with Gasteiger partial charge in [-0.2, -0.15) is 5.10 Å². The van der Waals surface area contributed by atoms with Crippen LogP contribution in [0.1, 0.15) is 30.4 Å². The first-order valence-corrected chi connectivity index (χ1v) is 9.13. The predicted molar refractivity (Wildman–Crippen MR) is 104 cm³/mol. The third kappa shape index (κ3) is 3.55. The summed E-state index contributed by atoms with van der Waals surface area (Å²) in [6.07, 6.45) is 5.86. The maximum absolute atomic E-state index is 11.4. The van der Waals surface area contributed by atoms with Crippen molar-refractivity contribution in [3.05, 3.63) is 52.3 Å². The lowest BCUT2D eigenvalue weighted by molar-refractivity contribution is -0.121. The number of halogens is 1. The molecule has 4 N–H and O–H groups in total. The van der Waals surface area contributed by atoms with Crippen LogP contribution in [0.4, 0.5) is 0 Å². The van der Waals surface area contributed by atoms with Gasteiger partial charge in [-0.1, -0.05) is 34.5 Å². The van der Waals surface area contributed by atoms with Crippen molar-refractivity contribution in [2.24, 2.45) is 4.99 Å². The molecule has 2 aromatic rings. The van der Waals surface area contributed by atoms with E-state index in [1.165, 1.54) is 10.9 Å². The van der Waals surface area contributed by atoms with E-state index < -0.39 is 5.41 Å². The highest BCUT2D eigenvalue weighted by atomic mass is 79.9. The number of benzene rings is 1. The molecule has 7 nitrogen and oxygen atoms in total. The molecule has 136 valence electrons. The van der Waals surface area contributed by atoms with Crippen LogP contribution in [-0.2, 0) is 16.8 Å². The van der Waals surface area contributed by atoms with Crippen LogP contribution in [0.15, 0.2) is 46.1 Å². The Hall–Kier alpha value is -2.48. The van der Waals surface area contributed by atoms with Gasteiger partial charge in [-0.25, -0.2) is 0 Å². The lowest BCUT2D eigenvalue weighted by Gasteiger charge is -2.40. The van der Waals surface area contributed by atoms with Gasteiger partial charge >= 0.3 is 5.90 Å². The zero-order valence-corrected chi connectivity index (χ0v) is 16.0. The number of aromatic nitrogens is 2. The van der Waals surface area contributed by atoms with E-state index in [0.717, 1.165) is 29.3 Å². The Morgan fingerprint density at radius 3 is 2.69 bits per heavy atom. The Morgan fingerprint density at radius 1 is 1.42 bits per heavy atom. The summed E-state index contributed by atoms with van der Waals surface area (Å²) in [6.45, 7) is 0.0874. The molecule has 1 fully saturated rings. The Kier molecular flexibility index (Phi) is 5.22. The fourth-order valence-electron chi connectivity index (χ4n) is 3.04. The van der Waals surface area contributed by atoms with Crippen molar-refractivity contribution in [2.75, 3.05) is 7.05 Å². The quantitative estimate of drug-likeness (QED) is 0.439. The third-order valence-corrected chi connectivity index (χ3v) is 5.30. The highest BCUT2D eigenvalue weighted by molar-refractivity contribution is 9.10. The van der Waals surface area contributed by atoms with Gasteiger partial charge in [-0.15, -0.1) is 4.99 Å². The largest absolute Gasteiger partial charge is 0.578 e. The number of nitrogens with one attached hydrogen (secondary N) is 2. The average Bonchev–Trinajstić information content (AvgIpc) is 3.04. The van der Waals surface area contributed by atoms with Crippen LogP contribution in [0.3, 0.4) is 0 Å². The molecule has 1 aliphatic carbocycles. The summed E-state index contributed by atoms with van der Waals surface area (Å²) >= 11 is 3.44. The second-order valence-corrected chi connectivity index (χ2v) is 7.27. The second-order valence-electron chi connectivity index (χ2n) is 6.35. The molecule has 26 heavy (non-hydrogen) atoms. The summed E-state index contributed by atoms with van der Waals surface area (Å²) in [7, 11) is 1.56. The molecule has 0 unspecified atom stereocenters. The van der Waals surface area contributed by atoms with E-state index in [9.17, 15) is 4.79 Å². The molecule has 1 amide bonds. The van der Waals surface area contributed by atoms with E-state index in [1.54, 1.807) is 13.2 Å². The van der Waals surface area contributed by atoms with Crippen molar-refractivity contribution in [3.8, 4) is 0 Å². The van der Waals surface area contributed by atoms with Gasteiger partial charge in [0.2, 0.25) is 5.91 Å². The van der Waals surface area contributed by atoms with E-state index in [1.807, 2.05) is 24.3 Å². The topological polar surface area (TPSA) is 106 Å². The molecule has 1 heterocycles. The first-order valence-electron chi connectivity index (χ1n) is 8.33. The molecule has 0 radical (unpaired) electrons. The van der Waals surface area contributed by atoms with Crippen molar-refractivity contribution < 1.29 is 9.90 Å². The fraction of sp³-hybridized carbons (Fsp3) is 0.333. The number of carbonyl (C=O) groups excluding carboxylic acids is 1. The Labute approximate surface area is 159 Å². The van der Waals surface area contributed by atoms with Crippen LogP contribution >= 0.6 is 15.9 Å². The van der Waals surface area contributed by atoms with Crippen LogP contribution in [0.5, 0.6) is 0 Å². The SMILES string of the molecule is CNC(=O)Cn1cc(C([OH2+])=NC(=N)C2(c3ccc(Br)cc3)CCC2)cn1. The van der Waals surface area contributed by atoms with Gasteiger partial charge in [0, 0.05) is 17.7 Å². The highest BCUT2D eigenvalue weighted by Gasteiger charge is 2.43.